The van der Waals surface area contributed by atoms with Crippen LogP contribution in [0.1, 0.15) is 23.7 Å². The Kier molecular flexibility index (Phi) is 0.291. The molecule has 0 bridgehead atoms. The lowest BCUT2D eigenvalue weighted by Crippen LogP contribution is -2.15. The van der Waals surface area contributed by atoms with Gasteiger partial charge in [0.15, 0.2) is 5.78 Å². The van der Waals surface area contributed by atoms with Gasteiger partial charge in [0, 0.05) is 18.4 Å². The largest absolute Gasteiger partial charge is 0.374 e. The van der Waals surface area contributed by atoms with Crippen molar-refractivity contribution in [3.63, 3.8) is 0 Å². The molecule has 40 valence electrons. The van der Waals surface area contributed by atoms with E-state index in [1.54, 1.807) is 0 Å². The number of ketones is 1. The van der Waals surface area contributed by atoms with Crippen LogP contribution in [0.2, 0.25) is 0 Å². The van der Waals surface area contributed by atoms with Gasteiger partial charge in [-0.15, -0.1) is 0 Å². The molecule has 1 saturated heterocycles. The summed E-state index contributed by atoms with van der Waals surface area (Å²) >= 11 is 0. The van der Waals surface area contributed by atoms with Gasteiger partial charge in [-0.1, -0.05) is 0 Å². The minimum absolute atomic E-state index is 1.75. The summed E-state index contributed by atoms with van der Waals surface area (Å²) in [5.74, 6) is -1.75. The van der Waals surface area contributed by atoms with E-state index in [0.717, 1.165) is 0 Å². The summed E-state index contributed by atoms with van der Waals surface area (Å²) in [5.41, 5.74) is 0. The highest BCUT2D eigenvalue weighted by atomic mass is 16.5. The van der Waals surface area contributed by atoms with E-state index < -0.39 is 31.6 Å². The Balaban J connectivity index is 3.33. The van der Waals surface area contributed by atoms with Crippen LogP contribution in [0.3, 0.4) is 0 Å². The monoisotopic (exact) mass is 108 g/mol. The quantitative estimate of drug-likeness (QED) is 0.448. The molecule has 0 aliphatic carbocycles. The highest BCUT2D eigenvalue weighted by molar-refractivity contribution is 5.80. The molecule has 0 N–H and O–H groups in total. The average molecular weight is 108 g/mol. The summed E-state index contributed by atoms with van der Waals surface area (Å²) in [6.45, 7) is -6.38. The molecule has 2 heteroatoms. The normalized spacial score (nSPS) is 68.3. The van der Waals surface area contributed by atoms with Crippen molar-refractivity contribution in [1.29, 1.82) is 0 Å². The SMILES string of the molecule is [2H]C1([2H])OC([2H])([2H])C([2H])([2H])C([2H])([2H])C1=O. The van der Waals surface area contributed by atoms with Gasteiger partial charge in [-0.05, 0) is 6.37 Å². The van der Waals surface area contributed by atoms with Crippen molar-refractivity contribution in [2.45, 2.75) is 12.7 Å². The Bertz CT molecular complexity index is 308. The van der Waals surface area contributed by atoms with E-state index in [-0.39, 0.29) is 0 Å². The number of carbonyl (C=O) groups excluding carboxylic acids is 1. The van der Waals surface area contributed by atoms with Crippen LogP contribution < -0.4 is 0 Å². The van der Waals surface area contributed by atoms with Crippen molar-refractivity contribution in [2.24, 2.45) is 0 Å². The highest BCUT2D eigenvalue weighted by Crippen LogP contribution is 1.98. The molecule has 0 amide bonds. The van der Waals surface area contributed by atoms with Gasteiger partial charge in [0.05, 0.1) is 5.48 Å². The predicted octanol–water partition coefficient (Wildman–Crippen LogP) is 0.366. The van der Waals surface area contributed by atoms with Crippen molar-refractivity contribution in [2.75, 3.05) is 13.1 Å². The van der Waals surface area contributed by atoms with Crippen LogP contribution >= 0.6 is 0 Å². The standard InChI is InChI=1S/C5H8O2/c6-5-2-1-3-7-4-5/h1-4H2/i1D2,2D2,3D2,4D2. The van der Waals surface area contributed by atoms with Gasteiger partial charge in [0.2, 0.25) is 0 Å². The maximum absolute atomic E-state index is 11.2. The third kappa shape index (κ3) is 1.27. The summed E-state index contributed by atoms with van der Waals surface area (Å²) < 4.78 is 60.6. The van der Waals surface area contributed by atoms with Crippen molar-refractivity contribution >= 4 is 5.78 Å². The highest BCUT2D eigenvalue weighted by Gasteiger charge is 2.06. The fourth-order valence-electron chi connectivity index (χ4n) is 0.205. The van der Waals surface area contributed by atoms with Gasteiger partial charge in [-0.25, -0.2) is 0 Å². The molecule has 0 spiro atoms. The molecular formula is C5H8O2. The topological polar surface area (TPSA) is 26.3 Å². The van der Waals surface area contributed by atoms with Crippen LogP contribution in [-0.4, -0.2) is 18.9 Å². The zero-order valence-corrected chi connectivity index (χ0v) is 3.32. The molecule has 0 unspecified atom stereocenters. The van der Waals surface area contributed by atoms with Gasteiger partial charge in [0.25, 0.3) is 0 Å². The van der Waals surface area contributed by atoms with Crippen LogP contribution in [0.4, 0.5) is 0 Å². The lowest BCUT2D eigenvalue weighted by Gasteiger charge is -2.07. The molecular weight excluding hydrogens is 92.1 g/mol. The summed E-state index contributed by atoms with van der Waals surface area (Å²) in [6, 6.07) is 0. The summed E-state index contributed by atoms with van der Waals surface area (Å²) in [5, 5.41) is 0. The molecule has 1 fully saturated rings. The van der Waals surface area contributed by atoms with E-state index in [1.807, 2.05) is 0 Å². The number of rotatable bonds is 0. The van der Waals surface area contributed by atoms with Gasteiger partial charge in [-0.2, -0.15) is 0 Å². The van der Waals surface area contributed by atoms with Crippen LogP contribution in [0.25, 0.3) is 0 Å². The van der Waals surface area contributed by atoms with Crippen molar-refractivity contribution in [1.82, 2.24) is 0 Å². The fraction of sp³-hybridized carbons (Fsp3) is 0.800. The second-order valence-corrected chi connectivity index (χ2v) is 0.885. The first-order valence-corrected chi connectivity index (χ1v) is 1.61. The van der Waals surface area contributed by atoms with Crippen molar-refractivity contribution < 1.29 is 20.5 Å². The van der Waals surface area contributed by atoms with E-state index in [0.29, 0.717) is 0 Å². The van der Waals surface area contributed by atoms with E-state index in [2.05, 4.69) is 4.74 Å². The first-order valence-electron chi connectivity index (χ1n) is 5.61. The molecule has 1 heterocycles. The maximum atomic E-state index is 11.2. The average Bonchev–Trinajstić information content (AvgIpc) is 1.98. The Morgan fingerprint density at radius 3 is 3.57 bits per heavy atom. The predicted molar refractivity (Wildman–Crippen MR) is 25.1 cm³/mol. The van der Waals surface area contributed by atoms with E-state index in [4.69, 9.17) is 11.0 Å². The fourth-order valence-corrected chi connectivity index (χ4v) is 0.205. The van der Waals surface area contributed by atoms with Crippen LogP contribution in [-0.2, 0) is 9.53 Å². The Hall–Kier alpha value is -0.370. The van der Waals surface area contributed by atoms with Gasteiger partial charge >= 0.3 is 0 Å². The van der Waals surface area contributed by atoms with E-state index in [9.17, 15) is 4.79 Å². The summed E-state index contributed by atoms with van der Waals surface area (Å²) in [6.07, 6.45) is -6.53. The molecule has 1 aliphatic rings. The first-order chi connectivity index (χ1) is 6.36. The second-order valence-electron chi connectivity index (χ2n) is 0.885. The minimum Gasteiger partial charge on any atom is -0.374 e. The van der Waals surface area contributed by atoms with Crippen LogP contribution in [0.15, 0.2) is 0 Å². The van der Waals surface area contributed by atoms with E-state index in [1.165, 1.54) is 0 Å². The Morgan fingerprint density at radius 1 is 1.86 bits per heavy atom. The zero-order chi connectivity index (χ0) is 12.3. The lowest BCUT2D eigenvalue weighted by molar-refractivity contribution is -0.126. The first kappa shape index (κ1) is 0.982. The van der Waals surface area contributed by atoms with Crippen molar-refractivity contribution in [3.8, 4) is 0 Å². The number of hydrogen-bond acceptors (Lipinski definition) is 2. The molecule has 0 atom stereocenters. The Labute approximate surface area is 53.7 Å². The summed E-state index contributed by atoms with van der Waals surface area (Å²) in [4.78, 5) is 11.2. The molecule has 2 nitrogen and oxygen atoms in total. The minimum atomic E-state index is -3.28. The molecule has 7 heavy (non-hydrogen) atoms. The second kappa shape index (κ2) is 2.07. The van der Waals surface area contributed by atoms with Crippen LogP contribution in [0, 0.1) is 0 Å². The third-order valence-corrected chi connectivity index (χ3v) is 0.422. The number of ether oxygens (including phenoxy) is 1. The molecule has 1 aliphatic heterocycles. The van der Waals surface area contributed by atoms with Crippen molar-refractivity contribution in [3.05, 3.63) is 0 Å². The molecule has 0 radical (unpaired) electrons. The maximum Gasteiger partial charge on any atom is 0.158 e. The molecule has 0 aromatic rings. The van der Waals surface area contributed by atoms with Gasteiger partial charge < -0.3 is 4.74 Å². The Morgan fingerprint density at radius 2 is 2.71 bits per heavy atom. The summed E-state index contributed by atoms with van der Waals surface area (Å²) in [7, 11) is 0. The molecule has 0 saturated carbocycles. The lowest BCUT2D eigenvalue weighted by atomic mass is 10.2. The molecule has 0 aromatic carbocycles. The zero-order valence-electron chi connectivity index (χ0n) is 11.3. The van der Waals surface area contributed by atoms with Gasteiger partial charge in [0.1, 0.15) is 6.56 Å². The van der Waals surface area contributed by atoms with Crippen LogP contribution in [0.5, 0.6) is 0 Å². The number of hydrogen-bond donors (Lipinski definition) is 0. The molecule has 0 aromatic heterocycles. The number of carbonyl (C=O) groups is 1. The molecule has 1 rings (SSSR count). The third-order valence-electron chi connectivity index (χ3n) is 0.422. The van der Waals surface area contributed by atoms with Gasteiger partial charge in [-0.3, -0.25) is 4.79 Å². The smallest absolute Gasteiger partial charge is 0.158 e. The number of Topliss-reactive ketones (excluding diaryl/α,β-unsaturated/α-hetero) is 1. The van der Waals surface area contributed by atoms with E-state index >= 15 is 0 Å².